The van der Waals surface area contributed by atoms with Crippen molar-refractivity contribution < 1.29 is 0 Å². The second-order valence-electron chi connectivity index (χ2n) is 4.34. The van der Waals surface area contributed by atoms with E-state index in [1.807, 2.05) is 18.2 Å². The van der Waals surface area contributed by atoms with Crippen LogP contribution in [0.5, 0.6) is 0 Å². The van der Waals surface area contributed by atoms with Crippen LogP contribution >= 0.6 is 15.9 Å². The van der Waals surface area contributed by atoms with Gasteiger partial charge < -0.3 is 10.2 Å². The fourth-order valence-corrected chi connectivity index (χ4v) is 2.38. The lowest BCUT2D eigenvalue weighted by molar-refractivity contribution is 0.295. The van der Waals surface area contributed by atoms with E-state index in [4.69, 9.17) is 5.26 Å². The monoisotopic (exact) mass is 309 g/mol. The van der Waals surface area contributed by atoms with Gasteiger partial charge in [-0.25, -0.2) is 0 Å². The Morgan fingerprint density at radius 1 is 1.39 bits per heavy atom. The van der Waals surface area contributed by atoms with Crippen molar-refractivity contribution >= 4 is 21.6 Å². The summed E-state index contributed by atoms with van der Waals surface area (Å²) in [6, 6.07) is 8.12. The van der Waals surface area contributed by atoms with Gasteiger partial charge in [-0.05, 0) is 54.1 Å². The highest BCUT2D eigenvalue weighted by atomic mass is 79.9. The van der Waals surface area contributed by atoms with Gasteiger partial charge >= 0.3 is 0 Å². The maximum Gasteiger partial charge on any atom is 0.0992 e. The summed E-state index contributed by atoms with van der Waals surface area (Å²) in [7, 11) is 0. The first-order valence-electron chi connectivity index (χ1n) is 6.29. The summed E-state index contributed by atoms with van der Waals surface area (Å²) in [6.45, 7) is 9.66. The highest BCUT2D eigenvalue weighted by molar-refractivity contribution is 9.10. The molecule has 0 aliphatic heterocycles. The summed E-state index contributed by atoms with van der Waals surface area (Å²) >= 11 is 3.49. The summed E-state index contributed by atoms with van der Waals surface area (Å²) in [4.78, 5) is 2.38. The molecule has 18 heavy (non-hydrogen) atoms. The molecular weight excluding hydrogens is 290 g/mol. The highest BCUT2D eigenvalue weighted by Gasteiger charge is 2.09. The number of hydrogen-bond donors (Lipinski definition) is 1. The van der Waals surface area contributed by atoms with Crippen LogP contribution in [0.1, 0.15) is 26.3 Å². The predicted octanol–water partition coefficient (Wildman–Crippen LogP) is 3.46. The molecule has 0 saturated heterocycles. The van der Waals surface area contributed by atoms with E-state index in [1.165, 1.54) is 0 Å². The number of halogens is 1. The predicted molar refractivity (Wildman–Crippen MR) is 79.7 cm³/mol. The van der Waals surface area contributed by atoms with Crippen LogP contribution in [0.15, 0.2) is 22.7 Å². The van der Waals surface area contributed by atoms with Crippen molar-refractivity contribution in [1.82, 2.24) is 4.90 Å². The van der Waals surface area contributed by atoms with Crippen molar-refractivity contribution in [2.75, 3.05) is 25.0 Å². The molecule has 1 N–H and O–H groups in total. The number of benzene rings is 1. The van der Waals surface area contributed by atoms with Gasteiger partial charge in [0.25, 0.3) is 0 Å². The summed E-state index contributed by atoms with van der Waals surface area (Å²) in [5.41, 5.74) is 1.71. The van der Waals surface area contributed by atoms with Crippen molar-refractivity contribution in [1.29, 1.82) is 5.26 Å². The molecule has 1 atom stereocenters. The summed E-state index contributed by atoms with van der Waals surface area (Å²) in [5.74, 6) is 0. The molecule has 0 heterocycles. The lowest BCUT2D eigenvalue weighted by atomic mass is 10.2. The molecule has 0 aliphatic rings. The molecule has 0 aromatic heterocycles. The largest absolute Gasteiger partial charge is 0.380 e. The molecule has 1 rings (SSSR count). The van der Waals surface area contributed by atoms with Gasteiger partial charge in [-0.1, -0.05) is 13.8 Å². The molecule has 0 bridgehead atoms. The molecule has 0 spiro atoms. The number of rotatable bonds is 6. The van der Waals surface area contributed by atoms with Gasteiger partial charge in [-0.2, -0.15) is 5.26 Å². The standard InChI is InChI=1S/C14H20BrN3/c1-4-18(5-2)10-11(3)17-14-7-6-12(9-16)8-13(14)15/h6-8,11,17H,4-5,10H2,1-3H3. The zero-order chi connectivity index (χ0) is 13.5. The number of nitrogens with one attached hydrogen (secondary N) is 1. The van der Waals surface area contributed by atoms with Gasteiger partial charge in [0.1, 0.15) is 0 Å². The van der Waals surface area contributed by atoms with Crippen LogP contribution in [-0.2, 0) is 0 Å². The van der Waals surface area contributed by atoms with E-state index in [0.29, 0.717) is 11.6 Å². The minimum absolute atomic E-state index is 0.370. The molecule has 0 saturated carbocycles. The van der Waals surface area contributed by atoms with E-state index in [1.54, 1.807) is 0 Å². The van der Waals surface area contributed by atoms with Gasteiger partial charge in [0.2, 0.25) is 0 Å². The van der Waals surface area contributed by atoms with Crippen molar-refractivity contribution in [3.8, 4) is 6.07 Å². The van der Waals surface area contributed by atoms with Crippen molar-refractivity contribution in [3.63, 3.8) is 0 Å². The molecule has 0 fully saturated rings. The van der Waals surface area contributed by atoms with Gasteiger partial charge in [0.15, 0.2) is 0 Å². The average molecular weight is 310 g/mol. The normalized spacial score (nSPS) is 12.2. The zero-order valence-electron chi connectivity index (χ0n) is 11.2. The molecule has 0 radical (unpaired) electrons. The third-order valence-electron chi connectivity index (χ3n) is 2.93. The minimum Gasteiger partial charge on any atom is -0.380 e. The number of likely N-dealkylation sites (N-methyl/N-ethyl adjacent to an activating group) is 1. The second kappa shape index (κ2) is 7.40. The summed E-state index contributed by atoms with van der Waals surface area (Å²) < 4.78 is 0.938. The molecule has 3 nitrogen and oxygen atoms in total. The van der Waals surface area contributed by atoms with E-state index in [2.05, 4.69) is 53.0 Å². The fraction of sp³-hybridized carbons (Fsp3) is 0.500. The molecule has 1 aromatic rings. The number of nitrogens with zero attached hydrogens (tertiary/aromatic N) is 2. The number of hydrogen-bond acceptors (Lipinski definition) is 3. The molecule has 98 valence electrons. The Morgan fingerprint density at radius 2 is 2.06 bits per heavy atom. The fourth-order valence-electron chi connectivity index (χ4n) is 1.88. The van der Waals surface area contributed by atoms with Gasteiger partial charge in [-0.15, -0.1) is 0 Å². The second-order valence-corrected chi connectivity index (χ2v) is 5.19. The van der Waals surface area contributed by atoms with E-state index >= 15 is 0 Å². The maximum atomic E-state index is 8.82. The summed E-state index contributed by atoms with van der Waals surface area (Å²) in [5, 5.41) is 12.3. The Balaban J connectivity index is 2.65. The van der Waals surface area contributed by atoms with Gasteiger partial charge in [0, 0.05) is 22.7 Å². The van der Waals surface area contributed by atoms with Crippen LogP contribution in [0.25, 0.3) is 0 Å². The first-order valence-corrected chi connectivity index (χ1v) is 7.08. The van der Waals surface area contributed by atoms with E-state index in [9.17, 15) is 0 Å². The maximum absolute atomic E-state index is 8.82. The molecule has 1 aromatic carbocycles. The lowest BCUT2D eigenvalue weighted by Gasteiger charge is -2.24. The zero-order valence-corrected chi connectivity index (χ0v) is 12.8. The van der Waals surface area contributed by atoms with Gasteiger partial charge in [-0.3, -0.25) is 0 Å². The Hall–Kier alpha value is -1.05. The van der Waals surface area contributed by atoms with Crippen LogP contribution in [0.2, 0.25) is 0 Å². The lowest BCUT2D eigenvalue weighted by Crippen LogP contribution is -2.34. The highest BCUT2D eigenvalue weighted by Crippen LogP contribution is 2.24. The van der Waals surface area contributed by atoms with Crippen molar-refractivity contribution in [2.45, 2.75) is 26.8 Å². The molecule has 4 heteroatoms. The Morgan fingerprint density at radius 3 is 2.56 bits per heavy atom. The third-order valence-corrected chi connectivity index (χ3v) is 3.58. The van der Waals surface area contributed by atoms with Crippen molar-refractivity contribution in [3.05, 3.63) is 28.2 Å². The molecular formula is C14H20BrN3. The Kier molecular flexibility index (Phi) is 6.17. The first kappa shape index (κ1) is 15.0. The summed E-state index contributed by atoms with van der Waals surface area (Å²) in [6.07, 6.45) is 0. The van der Waals surface area contributed by atoms with Crippen LogP contribution in [0, 0.1) is 11.3 Å². The van der Waals surface area contributed by atoms with Crippen LogP contribution in [-0.4, -0.2) is 30.6 Å². The van der Waals surface area contributed by atoms with Crippen LogP contribution in [0.4, 0.5) is 5.69 Å². The molecule has 1 unspecified atom stereocenters. The Labute approximate surface area is 118 Å². The Bertz CT molecular complexity index is 422. The van der Waals surface area contributed by atoms with E-state index < -0.39 is 0 Å². The topological polar surface area (TPSA) is 39.1 Å². The molecule has 0 aliphatic carbocycles. The average Bonchev–Trinajstić information content (AvgIpc) is 2.38. The van der Waals surface area contributed by atoms with Crippen molar-refractivity contribution in [2.24, 2.45) is 0 Å². The third kappa shape index (κ3) is 4.32. The van der Waals surface area contributed by atoms with Gasteiger partial charge in [0.05, 0.1) is 11.6 Å². The quantitative estimate of drug-likeness (QED) is 0.874. The van der Waals surface area contributed by atoms with Crippen LogP contribution in [0.3, 0.4) is 0 Å². The number of anilines is 1. The van der Waals surface area contributed by atoms with E-state index in [-0.39, 0.29) is 0 Å². The first-order chi connectivity index (χ1) is 8.60. The smallest absolute Gasteiger partial charge is 0.0992 e. The molecule has 0 amide bonds. The number of nitriles is 1. The minimum atomic E-state index is 0.370. The SMILES string of the molecule is CCN(CC)CC(C)Nc1ccc(C#N)cc1Br. The van der Waals surface area contributed by atoms with E-state index in [0.717, 1.165) is 29.8 Å². The van der Waals surface area contributed by atoms with Crippen LogP contribution < -0.4 is 5.32 Å².